The standard InChI is InChI=1S/C29H33N3O6S2/c1-29(2,40-39-4)6-5-26(35)31(3)7-8-32-27-21-11-24-25(38-16-37-24)12-23(21)30-13-22(27)19-9-17(14-33)18(15-34)10-20(19)28(32)36/h9-13,33-34H,5-8,14-16H2,1-4H3. The van der Waals surface area contributed by atoms with Gasteiger partial charge >= 0.3 is 0 Å². The Kier molecular flexibility index (Phi) is 8.19. The quantitative estimate of drug-likeness (QED) is 0.207. The van der Waals surface area contributed by atoms with Gasteiger partial charge in [0, 0.05) is 59.7 Å². The first-order chi connectivity index (χ1) is 19.2. The summed E-state index contributed by atoms with van der Waals surface area (Å²) >= 11 is 0. The molecule has 0 radical (unpaired) electrons. The van der Waals surface area contributed by atoms with E-state index in [1.807, 2.05) is 12.3 Å². The normalized spacial score (nSPS) is 13.1. The summed E-state index contributed by atoms with van der Waals surface area (Å²) in [5, 5.41) is 22.3. The number of carbonyl (C=O) groups is 1. The molecule has 0 atom stereocenters. The Bertz CT molecular complexity index is 1670. The molecule has 2 aromatic heterocycles. The van der Waals surface area contributed by atoms with Gasteiger partial charge in [0.1, 0.15) is 0 Å². The zero-order valence-electron chi connectivity index (χ0n) is 23.0. The summed E-state index contributed by atoms with van der Waals surface area (Å²) in [5.74, 6) is 1.20. The van der Waals surface area contributed by atoms with Crippen molar-refractivity contribution in [3.05, 3.63) is 51.9 Å². The third-order valence-corrected chi connectivity index (χ3v) is 10.1. The second kappa shape index (κ2) is 11.5. The minimum Gasteiger partial charge on any atom is -0.454 e. The van der Waals surface area contributed by atoms with Gasteiger partial charge in [-0.1, -0.05) is 21.6 Å². The number of amides is 1. The number of pyridine rings is 2. The molecule has 40 heavy (non-hydrogen) atoms. The maximum absolute atomic E-state index is 14.0. The molecule has 1 aliphatic heterocycles. The van der Waals surface area contributed by atoms with Gasteiger partial charge in [-0.3, -0.25) is 14.6 Å². The van der Waals surface area contributed by atoms with Crippen molar-refractivity contribution in [1.29, 1.82) is 0 Å². The smallest absolute Gasteiger partial charge is 0.259 e. The van der Waals surface area contributed by atoms with Crippen molar-refractivity contribution < 1.29 is 24.5 Å². The number of ether oxygens (including phenoxy) is 2. The first-order valence-corrected chi connectivity index (χ1v) is 15.6. The Morgan fingerprint density at radius 2 is 1.73 bits per heavy atom. The summed E-state index contributed by atoms with van der Waals surface area (Å²) < 4.78 is 12.8. The van der Waals surface area contributed by atoms with Crippen LogP contribution in [0.2, 0.25) is 0 Å². The molecule has 2 N–H and O–H groups in total. The van der Waals surface area contributed by atoms with E-state index in [-0.39, 0.29) is 42.8 Å². The lowest BCUT2D eigenvalue weighted by molar-refractivity contribution is -0.130. The number of carbonyl (C=O) groups excluding carboxylic acids is 1. The molecule has 1 amide bonds. The number of benzene rings is 2. The summed E-state index contributed by atoms with van der Waals surface area (Å²) in [6.45, 7) is 4.42. The highest BCUT2D eigenvalue weighted by Gasteiger charge is 2.23. The Morgan fingerprint density at radius 3 is 2.40 bits per heavy atom. The van der Waals surface area contributed by atoms with Crippen LogP contribution in [0.25, 0.3) is 32.6 Å². The fourth-order valence-corrected chi connectivity index (χ4v) is 7.38. The van der Waals surface area contributed by atoms with Gasteiger partial charge in [-0.25, -0.2) is 0 Å². The Balaban J connectivity index is 1.61. The number of aliphatic hydroxyl groups is 2. The van der Waals surface area contributed by atoms with Crippen molar-refractivity contribution in [2.45, 2.75) is 51.2 Å². The molecule has 0 saturated heterocycles. The van der Waals surface area contributed by atoms with E-state index in [2.05, 4.69) is 18.8 Å². The Labute approximate surface area is 239 Å². The van der Waals surface area contributed by atoms with E-state index in [0.717, 1.165) is 17.2 Å². The zero-order chi connectivity index (χ0) is 28.6. The minimum atomic E-state index is -0.300. The molecule has 11 heteroatoms. The van der Waals surface area contributed by atoms with E-state index < -0.39 is 0 Å². The van der Waals surface area contributed by atoms with Crippen LogP contribution >= 0.6 is 21.6 Å². The van der Waals surface area contributed by atoms with Crippen LogP contribution in [0.5, 0.6) is 11.5 Å². The Morgan fingerprint density at radius 1 is 1.05 bits per heavy atom. The van der Waals surface area contributed by atoms with Crippen LogP contribution in [-0.2, 0) is 24.6 Å². The van der Waals surface area contributed by atoms with Gasteiger partial charge in [-0.2, -0.15) is 0 Å². The summed E-state index contributed by atoms with van der Waals surface area (Å²) in [4.78, 5) is 33.4. The zero-order valence-corrected chi connectivity index (χ0v) is 24.7. The fraction of sp³-hybridized carbons (Fsp3) is 0.414. The topological polar surface area (TPSA) is 114 Å². The number of hydrogen-bond acceptors (Lipinski definition) is 9. The number of likely N-dealkylation sites (N-methyl/N-ethyl adjacent to an activating group) is 1. The molecule has 2 aromatic carbocycles. The lowest BCUT2D eigenvalue weighted by Gasteiger charge is -2.24. The number of rotatable bonds is 10. The van der Waals surface area contributed by atoms with E-state index in [4.69, 9.17) is 9.47 Å². The van der Waals surface area contributed by atoms with Gasteiger partial charge < -0.3 is 29.2 Å². The van der Waals surface area contributed by atoms with E-state index >= 15 is 0 Å². The van der Waals surface area contributed by atoms with E-state index in [1.165, 1.54) is 0 Å². The number of nitrogens with zero attached hydrogens (tertiary/aromatic N) is 3. The second-order valence-corrected chi connectivity index (χ2v) is 13.6. The minimum absolute atomic E-state index is 0.0167. The van der Waals surface area contributed by atoms with Gasteiger partial charge in [-0.05, 0) is 61.2 Å². The van der Waals surface area contributed by atoms with Gasteiger partial charge in [0.15, 0.2) is 11.5 Å². The predicted octanol–water partition coefficient (Wildman–Crippen LogP) is 4.44. The van der Waals surface area contributed by atoms with Crippen molar-refractivity contribution in [2.24, 2.45) is 0 Å². The highest BCUT2D eigenvalue weighted by atomic mass is 33.1. The van der Waals surface area contributed by atoms with Crippen LogP contribution in [0, 0.1) is 0 Å². The summed E-state index contributed by atoms with van der Waals surface area (Å²) in [7, 11) is 5.22. The number of aromatic nitrogens is 2. The van der Waals surface area contributed by atoms with Crippen LogP contribution in [-0.4, -0.2) is 62.0 Å². The summed E-state index contributed by atoms with van der Waals surface area (Å²) in [6, 6.07) is 7.03. The van der Waals surface area contributed by atoms with Crippen LogP contribution < -0.4 is 15.0 Å². The average Bonchev–Trinajstić information content (AvgIpc) is 3.41. The monoisotopic (exact) mass is 583 g/mol. The predicted molar refractivity (Wildman–Crippen MR) is 161 cm³/mol. The highest BCUT2D eigenvalue weighted by molar-refractivity contribution is 8.76. The number of aliphatic hydroxyl groups excluding tert-OH is 2. The molecule has 4 aromatic rings. The van der Waals surface area contributed by atoms with Gasteiger partial charge in [0.2, 0.25) is 12.7 Å². The summed E-state index contributed by atoms with van der Waals surface area (Å²) in [6.07, 6.45) is 4.93. The van der Waals surface area contributed by atoms with Crippen LogP contribution in [0.3, 0.4) is 0 Å². The van der Waals surface area contributed by atoms with E-state index in [9.17, 15) is 19.8 Å². The third-order valence-electron chi connectivity index (χ3n) is 7.38. The molecular formula is C29H33N3O6S2. The molecule has 0 unspecified atom stereocenters. The van der Waals surface area contributed by atoms with Crippen molar-refractivity contribution in [3.8, 4) is 11.5 Å². The van der Waals surface area contributed by atoms with Crippen molar-refractivity contribution in [1.82, 2.24) is 14.5 Å². The first kappa shape index (κ1) is 28.5. The van der Waals surface area contributed by atoms with Crippen molar-refractivity contribution >= 4 is 60.1 Å². The van der Waals surface area contributed by atoms with Crippen LogP contribution in [0.1, 0.15) is 37.8 Å². The lowest BCUT2D eigenvalue weighted by atomic mass is 9.98. The molecule has 3 heterocycles. The molecule has 0 bridgehead atoms. The van der Waals surface area contributed by atoms with E-state index in [1.54, 1.807) is 62.5 Å². The lowest BCUT2D eigenvalue weighted by Crippen LogP contribution is -2.33. The molecule has 1 aliphatic rings. The SMILES string of the molecule is CSSC(C)(C)CCC(=O)N(C)CCn1c(=O)c2cc(CO)c(CO)cc2c2cnc3cc4c(cc3c21)OCO4. The molecule has 0 spiro atoms. The third kappa shape index (κ3) is 5.35. The van der Waals surface area contributed by atoms with Gasteiger partial charge in [-0.15, -0.1) is 0 Å². The van der Waals surface area contributed by atoms with Gasteiger partial charge in [0.05, 0.1) is 24.2 Å². The van der Waals surface area contributed by atoms with Crippen molar-refractivity contribution in [3.63, 3.8) is 0 Å². The van der Waals surface area contributed by atoms with E-state index in [0.29, 0.717) is 57.4 Å². The first-order valence-electron chi connectivity index (χ1n) is 13.0. The average molecular weight is 584 g/mol. The molecule has 0 aliphatic carbocycles. The van der Waals surface area contributed by atoms with Gasteiger partial charge in [0.25, 0.3) is 5.56 Å². The largest absolute Gasteiger partial charge is 0.454 e. The number of hydrogen-bond donors (Lipinski definition) is 2. The highest BCUT2D eigenvalue weighted by Crippen LogP contribution is 2.39. The maximum atomic E-state index is 14.0. The molecule has 0 saturated carbocycles. The van der Waals surface area contributed by atoms with Crippen LogP contribution in [0.15, 0.2) is 35.3 Å². The fourth-order valence-electron chi connectivity index (χ4n) is 5.14. The molecular weight excluding hydrogens is 550 g/mol. The van der Waals surface area contributed by atoms with Crippen LogP contribution in [0.4, 0.5) is 0 Å². The maximum Gasteiger partial charge on any atom is 0.259 e. The molecule has 0 fully saturated rings. The molecule has 212 valence electrons. The number of fused-ring (bicyclic) bond motifs is 6. The van der Waals surface area contributed by atoms with Crippen molar-refractivity contribution in [2.75, 3.05) is 26.6 Å². The summed E-state index contributed by atoms with van der Waals surface area (Å²) in [5.41, 5.74) is 2.11. The second-order valence-electron chi connectivity index (χ2n) is 10.5. The molecule has 9 nitrogen and oxygen atoms in total. The Hall–Kier alpha value is -2.99. The molecule has 5 rings (SSSR count).